The van der Waals surface area contributed by atoms with Gasteiger partial charge >= 0.3 is 0 Å². The average Bonchev–Trinajstić information content (AvgIpc) is 2.93. The van der Waals surface area contributed by atoms with E-state index in [2.05, 4.69) is 0 Å². The second kappa shape index (κ2) is 3.50. The zero-order valence-electron chi connectivity index (χ0n) is 8.11. The van der Waals surface area contributed by atoms with Crippen molar-refractivity contribution in [2.45, 2.75) is 25.3 Å². The van der Waals surface area contributed by atoms with E-state index < -0.39 is 0 Å². The van der Waals surface area contributed by atoms with Crippen LogP contribution in [0.5, 0.6) is 5.75 Å². The predicted molar refractivity (Wildman–Crippen MR) is 56.8 cm³/mol. The molecule has 2 rings (SSSR count). The van der Waals surface area contributed by atoms with E-state index >= 15 is 0 Å². The lowest BCUT2D eigenvalue weighted by atomic mass is 10.0. The Morgan fingerprint density at radius 1 is 1.43 bits per heavy atom. The first kappa shape index (κ1) is 9.34. The first-order valence-electron chi connectivity index (χ1n) is 5.01. The number of nitrogens with two attached hydrogens (primary N) is 2. The summed E-state index contributed by atoms with van der Waals surface area (Å²) in [5, 5.41) is 9.33. The monoisotopic (exact) mass is 192 g/mol. The highest BCUT2D eigenvalue weighted by Gasteiger charge is 2.25. The lowest BCUT2D eigenvalue weighted by molar-refractivity contribution is 0.473. The molecule has 5 N–H and O–H groups in total. The minimum absolute atomic E-state index is 0.0328. The molecular weight excluding hydrogens is 176 g/mol. The lowest BCUT2D eigenvalue weighted by Crippen LogP contribution is -2.13. The van der Waals surface area contributed by atoms with Gasteiger partial charge in [0.05, 0.1) is 0 Å². The normalized spacial score (nSPS) is 18.1. The third kappa shape index (κ3) is 1.99. The van der Waals surface area contributed by atoms with Gasteiger partial charge in [0, 0.05) is 11.7 Å². The zero-order valence-corrected chi connectivity index (χ0v) is 8.11. The Morgan fingerprint density at radius 2 is 2.14 bits per heavy atom. The molecule has 0 unspecified atom stereocenters. The highest BCUT2D eigenvalue weighted by atomic mass is 16.3. The highest BCUT2D eigenvalue weighted by Crippen LogP contribution is 2.38. The molecule has 0 aliphatic heterocycles. The second-order valence-electron chi connectivity index (χ2n) is 4.10. The van der Waals surface area contributed by atoms with E-state index in [0.717, 1.165) is 17.9 Å². The fraction of sp³-hybridized carbons (Fsp3) is 0.455. The maximum Gasteiger partial charge on any atom is 0.116 e. The van der Waals surface area contributed by atoms with E-state index in [1.54, 1.807) is 18.2 Å². The summed E-state index contributed by atoms with van der Waals surface area (Å²) in [5.74, 6) is 1.01. The van der Waals surface area contributed by atoms with Crippen molar-refractivity contribution >= 4 is 5.69 Å². The molecular formula is C11H16N2O. The summed E-state index contributed by atoms with van der Waals surface area (Å²) in [5.41, 5.74) is 13.4. The minimum Gasteiger partial charge on any atom is -0.508 e. The topological polar surface area (TPSA) is 72.3 Å². The third-order valence-electron chi connectivity index (χ3n) is 2.75. The van der Waals surface area contributed by atoms with Gasteiger partial charge < -0.3 is 16.6 Å². The van der Waals surface area contributed by atoms with E-state index in [4.69, 9.17) is 11.5 Å². The van der Waals surface area contributed by atoms with E-state index in [-0.39, 0.29) is 11.8 Å². The Morgan fingerprint density at radius 3 is 2.79 bits per heavy atom. The van der Waals surface area contributed by atoms with Gasteiger partial charge in [-0.3, -0.25) is 0 Å². The number of hydrogen-bond acceptors (Lipinski definition) is 3. The summed E-state index contributed by atoms with van der Waals surface area (Å²) >= 11 is 0. The molecule has 1 aliphatic carbocycles. The quantitative estimate of drug-likeness (QED) is 0.505. The maximum atomic E-state index is 9.33. The number of phenolic OH excluding ortho intramolecular Hbond substituents is 1. The van der Waals surface area contributed by atoms with Crippen molar-refractivity contribution in [2.24, 2.45) is 11.7 Å². The summed E-state index contributed by atoms with van der Waals surface area (Å²) < 4.78 is 0. The van der Waals surface area contributed by atoms with Crippen LogP contribution in [0.4, 0.5) is 5.69 Å². The molecule has 0 saturated heterocycles. The molecule has 0 amide bonds. The highest BCUT2D eigenvalue weighted by molar-refractivity contribution is 5.51. The molecule has 0 spiro atoms. The lowest BCUT2D eigenvalue weighted by Gasteiger charge is -2.14. The van der Waals surface area contributed by atoms with Gasteiger partial charge in [-0.2, -0.15) is 0 Å². The van der Waals surface area contributed by atoms with E-state index in [1.165, 1.54) is 12.8 Å². The van der Waals surface area contributed by atoms with Crippen LogP contribution >= 0.6 is 0 Å². The molecule has 0 heterocycles. The van der Waals surface area contributed by atoms with E-state index in [9.17, 15) is 5.11 Å². The van der Waals surface area contributed by atoms with Crippen LogP contribution in [-0.4, -0.2) is 5.11 Å². The largest absolute Gasteiger partial charge is 0.508 e. The van der Waals surface area contributed by atoms with Crippen LogP contribution < -0.4 is 11.5 Å². The summed E-state index contributed by atoms with van der Waals surface area (Å²) in [7, 11) is 0. The van der Waals surface area contributed by atoms with E-state index in [1.807, 2.05) is 0 Å². The van der Waals surface area contributed by atoms with Gasteiger partial charge in [-0.05, 0) is 36.1 Å². The number of nitrogen functional groups attached to an aromatic ring is 1. The number of benzene rings is 1. The molecule has 14 heavy (non-hydrogen) atoms. The molecule has 1 aromatic rings. The fourth-order valence-corrected chi connectivity index (χ4v) is 1.72. The van der Waals surface area contributed by atoms with Gasteiger partial charge in [0.25, 0.3) is 0 Å². The molecule has 0 radical (unpaired) electrons. The summed E-state index contributed by atoms with van der Waals surface area (Å²) in [4.78, 5) is 0. The molecule has 1 aromatic carbocycles. The van der Waals surface area contributed by atoms with E-state index in [0.29, 0.717) is 5.69 Å². The van der Waals surface area contributed by atoms with Crippen molar-refractivity contribution in [1.29, 1.82) is 0 Å². The summed E-state index contributed by atoms with van der Waals surface area (Å²) in [6.45, 7) is 0. The predicted octanol–water partition coefficient (Wildman–Crippen LogP) is 1.77. The number of anilines is 1. The summed E-state index contributed by atoms with van der Waals surface area (Å²) in [6, 6.07) is 4.93. The first-order valence-corrected chi connectivity index (χ1v) is 5.01. The molecule has 0 aromatic heterocycles. The SMILES string of the molecule is Nc1ccc(O)cc1[C@@H](N)CC1CC1. The standard InChI is InChI=1S/C11H16N2O/c12-10-4-3-8(14)6-9(10)11(13)5-7-1-2-7/h3-4,6-7,11,14H,1-2,5,12-13H2/t11-/m0/s1. The fourth-order valence-electron chi connectivity index (χ4n) is 1.72. The maximum absolute atomic E-state index is 9.33. The van der Waals surface area contributed by atoms with Gasteiger partial charge in [0.1, 0.15) is 5.75 Å². The van der Waals surface area contributed by atoms with Crippen molar-refractivity contribution in [1.82, 2.24) is 0 Å². The molecule has 76 valence electrons. The van der Waals surface area contributed by atoms with Crippen LogP contribution in [0.15, 0.2) is 18.2 Å². The first-order chi connectivity index (χ1) is 6.66. The van der Waals surface area contributed by atoms with Crippen LogP contribution in [0.2, 0.25) is 0 Å². The van der Waals surface area contributed by atoms with Crippen LogP contribution in [0.1, 0.15) is 30.9 Å². The molecule has 3 nitrogen and oxygen atoms in total. The van der Waals surface area contributed by atoms with Gasteiger partial charge in [-0.1, -0.05) is 12.8 Å². The third-order valence-corrected chi connectivity index (χ3v) is 2.75. The Bertz CT molecular complexity index is 334. The van der Waals surface area contributed by atoms with Crippen LogP contribution in [-0.2, 0) is 0 Å². The number of aromatic hydroxyl groups is 1. The van der Waals surface area contributed by atoms with Crippen molar-refractivity contribution in [3.8, 4) is 5.75 Å². The average molecular weight is 192 g/mol. The smallest absolute Gasteiger partial charge is 0.116 e. The van der Waals surface area contributed by atoms with Crippen molar-refractivity contribution in [3.05, 3.63) is 23.8 Å². The van der Waals surface area contributed by atoms with Gasteiger partial charge in [0.15, 0.2) is 0 Å². The van der Waals surface area contributed by atoms with Crippen molar-refractivity contribution < 1.29 is 5.11 Å². The van der Waals surface area contributed by atoms with Gasteiger partial charge in [0.2, 0.25) is 0 Å². The Labute approximate surface area is 83.7 Å². The number of phenols is 1. The molecule has 0 bridgehead atoms. The number of hydrogen-bond donors (Lipinski definition) is 3. The van der Waals surface area contributed by atoms with Gasteiger partial charge in [-0.15, -0.1) is 0 Å². The Hall–Kier alpha value is -1.22. The Kier molecular flexibility index (Phi) is 2.33. The Balaban J connectivity index is 2.15. The van der Waals surface area contributed by atoms with Crippen LogP contribution in [0.3, 0.4) is 0 Å². The molecule has 3 heteroatoms. The van der Waals surface area contributed by atoms with Crippen molar-refractivity contribution in [2.75, 3.05) is 5.73 Å². The molecule has 1 aliphatic rings. The second-order valence-corrected chi connectivity index (χ2v) is 4.10. The molecule has 1 fully saturated rings. The molecule has 1 saturated carbocycles. The minimum atomic E-state index is -0.0328. The van der Waals surface area contributed by atoms with Crippen LogP contribution in [0, 0.1) is 5.92 Å². The van der Waals surface area contributed by atoms with Gasteiger partial charge in [-0.25, -0.2) is 0 Å². The summed E-state index contributed by atoms with van der Waals surface area (Å²) in [6.07, 6.45) is 3.55. The zero-order chi connectivity index (χ0) is 10.1. The number of rotatable bonds is 3. The van der Waals surface area contributed by atoms with Crippen LogP contribution in [0.25, 0.3) is 0 Å². The van der Waals surface area contributed by atoms with Crippen molar-refractivity contribution in [3.63, 3.8) is 0 Å². The molecule has 1 atom stereocenters.